The Labute approximate surface area is 180 Å². The maximum atomic E-state index is 13.1. The molecule has 2 aromatic heterocycles. The van der Waals surface area contributed by atoms with Crippen molar-refractivity contribution in [1.82, 2.24) is 9.88 Å². The number of morpholine rings is 1. The summed E-state index contributed by atoms with van der Waals surface area (Å²) in [6, 6.07) is 7.69. The van der Waals surface area contributed by atoms with E-state index in [0.29, 0.717) is 12.3 Å². The van der Waals surface area contributed by atoms with Crippen LogP contribution in [0.3, 0.4) is 0 Å². The Morgan fingerprint density at radius 3 is 2.72 bits per heavy atom. The monoisotopic (exact) mass is 435 g/mol. The SMILES string of the molecule is Cc1cc2nc(N(CCCN3CCOCC3)C(=O)c3ccco3)sc2cc1C.Cl. The lowest BCUT2D eigenvalue weighted by molar-refractivity contribution is 0.0376. The van der Waals surface area contributed by atoms with Crippen LogP contribution in [0, 0.1) is 13.8 Å². The summed E-state index contributed by atoms with van der Waals surface area (Å²) in [4.78, 5) is 22.0. The average molecular weight is 436 g/mol. The van der Waals surface area contributed by atoms with Crippen LogP contribution < -0.4 is 4.90 Å². The zero-order valence-corrected chi connectivity index (χ0v) is 18.4. The highest BCUT2D eigenvalue weighted by atomic mass is 35.5. The number of hydrogen-bond donors (Lipinski definition) is 0. The lowest BCUT2D eigenvalue weighted by Crippen LogP contribution is -2.39. The van der Waals surface area contributed by atoms with Crippen LogP contribution in [0.5, 0.6) is 0 Å². The summed E-state index contributed by atoms with van der Waals surface area (Å²) in [6.45, 7) is 9.20. The molecule has 6 nitrogen and oxygen atoms in total. The van der Waals surface area contributed by atoms with E-state index in [2.05, 4.69) is 30.9 Å². The third-order valence-electron chi connectivity index (χ3n) is 5.16. The Morgan fingerprint density at radius 1 is 1.24 bits per heavy atom. The third-order valence-corrected chi connectivity index (χ3v) is 6.20. The molecule has 1 aromatic carbocycles. The predicted octanol–water partition coefficient (Wildman–Crippen LogP) is 4.30. The molecular formula is C21H26ClN3O3S. The molecule has 0 bridgehead atoms. The van der Waals surface area contributed by atoms with Gasteiger partial charge in [0.2, 0.25) is 0 Å². The fraction of sp³-hybridized carbons (Fsp3) is 0.429. The number of nitrogens with zero attached hydrogens (tertiary/aromatic N) is 3. The standard InChI is InChI=1S/C21H25N3O3S.ClH/c1-15-13-17-19(14-16(15)2)28-21(22-17)24(20(25)18-5-3-10-27-18)7-4-6-23-8-11-26-12-9-23;/h3,5,10,13-14H,4,6-9,11-12H2,1-2H3;1H. The highest BCUT2D eigenvalue weighted by molar-refractivity contribution is 7.22. The second kappa shape index (κ2) is 9.71. The number of anilines is 1. The van der Waals surface area contributed by atoms with E-state index >= 15 is 0 Å². The van der Waals surface area contributed by atoms with Gasteiger partial charge in [0.05, 0.1) is 29.7 Å². The minimum absolute atomic E-state index is 0. The Hall–Kier alpha value is -1.93. The Bertz CT molecular complexity index is 913. The number of carbonyl (C=O) groups is 1. The van der Waals surface area contributed by atoms with Gasteiger partial charge in [-0.1, -0.05) is 11.3 Å². The molecule has 29 heavy (non-hydrogen) atoms. The van der Waals surface area contributed by atoms with Gasteiger partial charge < -0.3 is 9.15 Å². The zero-order chi connectivity index (χ0) is 19.5. The van der Waals surface area contributed by atoms with Crippen LogP contribution in [0.1, 0.15) is 28.1 Å². The number of carbonyl (C=O) groups excluding carboxylic acids is 1. The maximum absolute atomic E-state index is 13.1. The molecule has 1 aliphatic heterocycles. The van der Waals surface area contributed by atoms with Crippen molar-refractivity contribution >= 4 is 45.0 Å². The molecule has 156 valence electrons. The molecule has 8 heteroatoms. The van der Waals surface area contributed by atoms with Crippen LogP contribution in [0.2, 0.25) is 0 Å². The predicted molar refractivity (Wildman–Crippen MR) is 119 cm³/mol. The van der Waals surface area contributed by atoms with Gasteiger partial charge in [0.15, 0.2) is 10.9 Å². The number of hydrogen-bond acceptors (Lipinski definition) is 6. The van der Waals surface area contributed by atoms with E-state index in [-0.39, 0.29) is 18.3 Å². The largest absolute Gasteiger partial charge is 0.459 e. The number of rotatable bonds is 6. The van der Waals surface area contributed by atoms with Crippen molar-refractivity contribution in [1.29, 1.82) is 0 Å². The van der Waals surface area contributed by atoms with Crippen molar-refractivity contribution in [3.63, 3.8) is 0 Å². The fourth-order valence-electron chi connectivity index (χ4n) is 3.38. The van der Waals surface area contributed by atoms with Crippen molar-refractivity contribution in [2.45, 2.75) is 20.3 Å². The number of furan rings is 1. The van der Waals surface area contributed by atoms with Crippen molar-refractivity contribution in [3.05, 3.63) is 47.4 Å². The lowest BCUT2D eigenvalue weighted by Gasteiger charge is -2.27. The van der Waals surface area contributed by atoms with Gasteiger partial charge in [-0.25, -0.2) is 4.98 Å². The molecule has 4 rings (SSSR count). The molecule has 0 aliphatic carbocycles. The summed E-state index contributed by atoms with van der Waals surface area (Å²) in [5.74, 6) is 0.206. The van der Waals surface area contributed by atoms with Crippen LogP contribution in [-0.4, -0.2) is 55.2 Å². The van der Waals surface area contributed by atoms with Gasteiger partial charge in [-0.3, -0.25) is 14.6 Å². The van der Waals surface area contributed by atoms with Crippen LogP contribution in [0.4, 0.5) is 5.13 Å². The quantitative estimate of drug-likeness (QED) is 0.577. The molecule has 1 saturated heterocycles. The minimum Gasteiger partial charge on any atom is -0.459 e. The molecule has 3 aromatic rings. The third kappa shape index (κ3) is 4.98. The molecule has 1 aliphatic rings. The summed E-state index contributed by atoms with van der Waals surface area (Å²) in [5, 5.41) is 0.725. The van der Waals surface area contributed by atoms with Gasteiger partial charge in [-0.2, -0.15) is 0 Å². The summed E-state index contributed by atoms with van der Waals surface area (Å²) in [7, 11) is 0. The van der Waals surface area contributed by atoms with Crippen LogP contribution in [0.15, 0.2) is 34.9 Å². The summed E-state index contributed by atoms with van der Waals surface area (Å²) >= 11 is 1.56. The normalized spacial score (nSPS) is 14.7. The summed E-state index contributed by atoms with van der Waals surface area (Å²) < 4.78 is 11.9. The van der Waals surface area contributed by atoms with Crippen molar-refractivity contribution in [3.8, 4) is 0 Å². The van der Waals surface area contributed by atoms with Crippen molar-refractivity contribution in [2.75, 3.05) is 44.3 Å². The average Bonchev–Trinajstić information content (AvgIpc) is 3.36. The topological polar surface area (TPSA) is 58.8 Å². The highest BCUT2D eigenvalue weighted by Crippen LogP contribution is 2.31. The molecule has 3 heterocycles. The molecule has 0 N–H and O–H groups in total. The number of fused-ring (bicyclic) bond motifs is 1. The van der Waals surface area contributed by atoms with Crippen LogP contribution in [-0.2, 0) is 4.74 Å². The van der Waals surface area contributed by atoms with Gasteiger partial charge in [-0.05, 0) is 55.7 Å². The molecule has 0 atom stereocenters. The molecule has 0 spiro atoms. The smallest absolute Gasteiger partial charge is 0.295 e. The first-order chi connectivity index (χ1) is 13.6. The van der Waals surface area contributed by atoms with Gasteiger partial charge in [-0.15, -0.1) is 12.4 Å². The lowest BCUT2D eigenvalue weighted by atomic mass is 10.1. The molecule has 1 fully saturated rings. The highest BCUT2D eigenvalue weighted by Gasteiger charge is 2.23. The van der Waals surface area contributed by atoms with E-state index < -0.39 is 0 Å². The summed E-state index contributed by atoms with van der Waals surface area (Å²) in [5.41, 5.74) is 3.38. The van der Waals surface area contributed by atoms with E-state index in [1.165, 1.54) is 17.4 Å². The second-order valence-corrected chi connectivity index (χ2v) is 8.15. The Kier molecular flexibility index (Phi) is 7.29. The first-order valence-corrected chi connectivity index (χ1v) is 10.5. The molecule has 1 amide bonds. The molecule has 0 unspecified atom stereocenters. The molecular weight excluding hydrogens is 410 g/mol. The van der Waals surface area contributed by atoms with Crippen molar-refractivity contribution in [2.24, 2.45) is 0 Å². The van der Waals surface area contributed by atoms with E-state index in [9.17, 15) is 4.79 Å². The van der Waals surface area contributed by atoms with E-state index in [1.54, 1.807) is 28.4 Å². The first kappa shape index (κ1) is 21.8. The number of aryl methyl sites for hydroxylation is 2. The Morgan fingerprint density at radius 2 is 2.00 bits per heavy atom. The summed E-state index contributed by atoms with van der Waals surface area (Å²) in [6.07, 6.45) is 2.41. The number of halogens is 1. The number of ether oxygens (including phenoxy) is 1. The van der Waals surface area contributed by atoms with Gasteiger partial charge in [0.25, 0.3) is 5.91 Å². The molecule has 0 saturated carbocycles. The first-order valence-electron chi connectivity index (χ1n) is 9.65. The van der Waals surface area contributed by atoms with Crippen LogP contribution >= 0.6 is 23.7 Å². The number of benzene rings is 1. The van der Waals surface area contributed by atoms with E-state index in [4.69, 9.17) is 14.1 Å². The number of thiazole rings is 1. The van der Waals surface area contributed by atoms with E-state index in [1.807, 2.05) is 0 Å². The minimum atomic E-state index is -0.139. The van der Waals surface area contributed by atoms with Gasteiger partial charge >= 0.3 is 0 Å². The zero-order valence-electron chi connectivity index (χ0n) is 16.7. The number of amides is 1. The van der Waals surface area contributed by atoms with Gasteiger partial charge in [0, 0.05) is 26.2 Å². The van der Waals surface area contributed by atoms with E-state index in [0.717, 1.165) is 54.6 Å². The maximum Gasteiger partial charge on any atom is 0.295 e. The van der Waals surface area contributed by atoms with Crippen LogP contribution in [0.25, 0.3) is 10.2 Å². The van der Waals surface area contributed by atoms with Crippen molar-refractivity contribution < 1.29 is 13.9 Å². The molecule has 0 radical (unpaired) electrons. The Balaban J connectivity index is 0.00000240. The fourth-order valence-corrected chi connectivity index (χ4v) is 4.45. The second-order valence-electron chi connectivity index (χ2n) is 7.14. The number of aromatic nitrogens is 1. The van der Waals surface area contributed by atoms with Gasteiger partial charge in [0.1, 0.15) is 0 Å².